The van der Waals surface area contributed by atoms with Gasteiger partial charge in [0.15, 0.2) is 6.61 Å². The monoisotopic (exact) mass is 388 g/mol. The molecule has 0 aliphatic carbocycles. The lowest BCUT2D eigenvalue weighted by molar-refractivity contribution is -0.119. The first-order chi connectivity index (χ1) is 12.9. The Bertz CT molecular complexity index is 990. The number of aromatic nitrogens is 1. The van der Waals surface area contributed by atoms with Crippen molar-refractivity contribution in [3.05, 3.63) is 70.7 Å². The number of halogens is 2. The van der Waals surface area contributed by atoms with Crippen molar-refractivity contribution < 1.29 is 23.1 Å². The summed E-state index contributed by atoms with van der Waals surface area (Å²) < 4.78 is 31.4. The summed E-state index contributed by atoms with van der Waals surface area (Å²) in [5.74, 6) is -3.10. The number of hydrogen-bond acceptors (Lipinski definition) is 5. The normalized spacial score (nSPS) is 10.5. The van der Waals surface area contributed by atoms with Crippen LogP contribution in [-0.4, -0.2) is 23.5 Å². The fourth-order valence-electron chi connectivity index (χ4n) is 2.26. The van der Waals surface area contributed by atoms with Gasteiger partial charge in [-0.05, 0) is 19.1 Å². The summed E-state index contributed by atoms with van der Waals surface area (Å²) in [6, 6.07) is 12.1. The van der Waals surface area contributed by atoms with Gasteiger partial charge in [-0.25, -0.2) is 18.6 Å². The van der Waals surface area contributed by atoms with Gasteiger partial charge in [0.25, 0.3) is 5.91 Å². The fraction of sp³-hybridized carbons (Fsp3) is 0.105. The number of thiazole rings is 1. The molecule has 138 valence electrons. The van der Waals surface area contributed by atoms with Gasteiger partial charge in [-0.15, -0.1) is 11.3 Å². The van der Waals surface area contributed by atoms with Gasteiger partial charge in [0.05, 0.1) is 11.4 Å². The number of nitrogens with one attached hydrogen (secondary N) is 1. The number of anilines is 1. The van der Waals surface area contributed by atoms with Crippen LogP contribution in [0.3, 0.4) is 0 Å². The lowest BCUT2D eigenvalue weighted by atomic mass is 10.2. The number of hydrogen-bond donors (Lipinski definition) is 1. The molecule has 0 aliphatic rings. The number of carbonyl (C=O) groups is 2. The molecule has 0 bridgehead atoms. The van der Waals surface area contributed by atoms with E-state index in [1.54, 1.807) is 6.92 Å². The highest BCUT2D eigenvalue weighted by atomic mass is 32.1. The van der Waals surface area contributed by atoms with Gasteiger partial charge in [-0.3, -0.25) is 4.79 Å². The number of nitrogens with zero attached hydrogens (tertiary/aromatic N) is 1. The van der Waals surface area contributed by atoms with Crippen molar-refractivity contribution in [2.45, 2.75) is 6.92 Å². The van der Waals surface area contributed by atoms with E-state index in [1.165, 1.54) is 0 Å². The summed E-state index contributed by atoms with van der Waals surface area (Å²) in [6.45, 7) is 1.07. The van der Waals surface area contributed by atoms with Crippen molar-refractivity contribution in [1.29, 1.82) is 0 Å². The van der Waals surface area contributed by atoms with E-state index in [2.05, 4.69) is 10.3 Å². The topological polar surface area (TPSA) is 68.3 Å². The number of carbonyl (C=O) groups excluding carboxylic acids is 2. The molecule has 1 amide bonds. The molecule has 0 atom stereocenters. The highest BCUT2D eigenvalue weighted by molar-refractivity contribution is 7.17. The van der Waals surface area contributed by atoms with Gasteiger partial charge in [-0.1, -0.05) is 30.3 Å². The summed E-state index contributed by atoms with van der Waals surface area (Å²) in [6.07, 6.45) is 0. The Morgan fingerprint density at radius 2 is 1.89 bits per heavy atom. The predicted molar refractivity (Wildman–Crippen MR) is 97.6 cm³/mol. The second kappa shape index (κ2) is 8.05. The molecule has 3 aromatic rings. The molecule has 0 spiro atoms. The van der Waals surface area contributed by atoms with Crippen LogP contribution < -0.4 is 5.32 Å². The van der Waals surface area contributed by atoms with E-state index >= 15 is 0 Å². The molecule has 1 heterocycles. The van der Waals surface area contributed by atoms with Crippen molar-refractivity contribution in [2.75, 3.05) is 11.9 Å². The molecule has 0 aliphatic heterocycles. The maximum Gasteiger partial charge on any atom is 0.350 e. The Hall–Kier alpha value is -3.13. The summed E-state index contributed by atoms with van der Waals surface area (Å²) >= 11 is 1.16. The van der Waals surface area contributed by atoms with Crippen LogP contribution in [-0.2, 0) is 9.53 Å². The Morgan fingerprint density at radius 1 is 1.15 bits per heavy atom. The van der Waals surface area contributed by atoms with E-state index in [1.807, 2.05) is 30.3 Å². The molecule has 0 saturated heterocycles. The van der Waals surface area contributed by atoms with E-state index < -0.39 is 30.1 Å². The summed E-state index contributed by atoms with van der Waals surface area (Å²) in [5, 5.41) is 2.88. The molecule has 0 fully saturated rings. The molecule has 1 aromatic heterocycles. The molecule has 2 aromatic carbocycles. The van der Waals surface area contributed by atoms with E-state index in [4.69, 9.17) is 4.74 Å². The molecule has 27 heavy (non-hydrogen) atoms. The highest BCUT2D eigenvalue weighted by Gasteiger charge is 2.19. The molecule has 5 nitrogen and oxygen atoms in total. The van der Waals surface area contributed by atoms with Crippen LogP contribution in [0.5, 0.6) is 0 Å². The smallest absolute Gasteiger partial charge is 0.350 e. The molecule has 3 rings (SSSR count). The zero-order valence-corrected chi connectivity index (χ0v) is 15.0. The van der Waals surface area contributed by atoms with Gasteiger partial charge in [0, 0.05) is 11.6 Å². The van der Waals surface area contributed by atoms with Crippen LogP contribution in [0.1, 0.15) is 15.4 Å². The van der Waals surface area contributed by atoms with Gasteiger partial charge in [0.2, 0.25) is 0 Å². The van der Waals surface area contributed by atoms with Crippen LogP contribution in [0.25, 0.3) is 10.6 Å². The third-order valence-corrected chi connectivity index (χ3v) is 4.73. The lowest BCUT2D eigenvalue weighted by Crippen LogP contribution is -2.21. The van der Waals surface area contributed by atoms with E-state index in [0.717, 1.165) is 29.0 Å². The van der Waals surface area contributed by atoms with Crippen molar-refractivity contribution in [3.8, 4) is 10.6 Å². The Kier molecular flexibility index (Phi) is 5.56. The minimum Gasteiger partial charge on any atom is -0.451 e. The van der Waals surface area contributed by atoms with Gasteiger partial charge >= 0.3 is 5.97 Å². The summed E-state index contributed by atoms with van der Waals surface area (Å²) in [5.41, 5.74) is 1.17. The van der Waals surface area contributed by atoms with Crippen molar-refractivity contribution in [2.24, 2.45) is 0 Å². The summed E-state index contributed by atoms with van der Waals surface area (Å²) in [7, 11) is 0. The van der Waals surface area contributed by atoms with Crippen LogP contribution in [0.4, 0.5) is 14.5 Å². The Morgan fingerprint density at radius 3 is 2.59 bits per heavy atom. The average molecular weight is 388 g/mol. The SMILES string of the molecule is Cc1nc(-c2ccccc2)sc1C(=O)OCC(=O)Nc1ccc(F)cc1F. The average Bonchev–Trinajstić information content (AvgIpc) is 3.05. The predicted octanol–water partition coefficient (Wildman–Crippen LogP) is 4.19. The van der Waals surface area contributed by atoms with Crippen LogP contribution >= 0.6 is 11.3 Å². The molecule has 1 N–H and O–H groups in total. The first-order valence-electron chi connectivity index (χ1n) is 7.89. The zero-order valence-electron chi connectivity index (χ0n) is 14.2. The second-order valence-electron chi connectivity index (χ2n) is 5.55. The van der Waals surface area contributed by atoms with Gasteiger partial charge in [0.1, 0.15) is 21.5 Å². The first-order valence-corrected chi connectivity index (χ1v) is 8.70. The van der Waals surface area contributed by atoms with Crippen molar-refractivity contribution in [1.82, 2.24) is 4.98 Å². The van der Waals surface area contributed by atoms with Gasteiger partial charge in [-0.2, -0.15) is 0 Å². The maximum atomic E-state index is 13.5. The molecule has 0 saturated carbocycles. The number of benzene rings is 2. The Balaban J connectivity index is 1.62. The molecule has 0 unspecified atom stereocenters. The van der Waals surface area contributed by atoms with Gasteiger partial charge < -0.3 is 10.1 Å². The minimum atomic E-state index is -0.916. The third kappa shape index (κ3) is 4.53. The van der Waals surface area contributed by atoms with Crippen LogP contribution in [0.2, 0.25) is 0 Å². The number of rotatable bonds is 5. The fourth-order valence-corrected chi connectivity index (χ4v) is 3.23. The largest absolute Gasteiger partial charge is 0.451 e. The molecule has 8 heteroatoms. The van der Waals surface area contributed by atoms with E-state index in [-0.39, 0.29) is 10.6 Å². The Labute approximate surface area is 157 Å². The third-order valence-electron chi connectivity index (χ3n) is 3.54. The summed E-state index contributed by atoms with van der Waals surface area (Å²) in [4.78, 5) is 28.7. The molecular formula is C19H14F2N2O3S. The lowest BCUT2D eigenvalue weighted by Gasteiger charge is -2.07. The second-order valence-corrected chi connectivity index (χ2v) is 6.55. The highest BCUT2D eigenvalue weighted by Crippen LogP contribution is 2.28. The van der Waals surface area contributed by atoms with Crippen molar-refractivity contribution >= 4 is 28.9 Å². The number of aryl methyl sites for hydroxylation is 1. The minimum absolute atomic E-state index is 0.196. The molecule has 0 radical (unpaired) electrons. The van der Waals surface area contributed by atoms with E-state index in [9.17, 15) is 18.4 Å². The zero-order chi connectivity index (χ0) is 19.4. The number of amides is 1. The van der Waals surface area contributed by atoms with Crippen LogP contribution in [0, 0.1) is 18.6 Å². The quantitative estimate of drug-likeness (QED) is 0.666. The van der Waals surface area contributed by atoms with E-state index in [0.29, 0.717) is 16.8 Å². The number of esters is 1. The maximum absolute atomic E-state index is 13.5. The van der Waals surface area contributed by atoms with Crippen molar-refractivity contribution in [3.63, 3.8) is 0 Å². The first kappa shape index (κ1) is 18.7. The van der Waals surface area contributed by atoms with Crippen LogP contribution in [0.15, 0.2) is 48.5 Å². The molecular weight excluding hydrogens is 374 g/mol. The number of ether oxygens (including phenoxy) is 1. The standard InChI is InChI=1S/C19H14F2N2O3S/c1-11-17(27-18(22-11)12-5-3-2-4-6-12)19(25)26-10-16(24)23-15-8-7-13(20)9-14(15)21/h2-9H,10H2,1H3,(H,23,24).